The first-order valence-electron chi connectivity index (χ1n) is 45.0. The summed E-state index contributed by atoms with van der Waals surface area (Å²) < 4.78 is 39.2. The smallest absolute Gasteiger partial charge is 0.143 e. The van der Waals surface area contributed by atoms with Gasteiger partial charge in [0, 0.05) is 132 Å². The zero-order valence-corrected chi connectivity index (χ0v) is 74.6. The van der Waals surface area contributed by atoms with E-state index in [1.165, 1.54) is 69.9 Å². The van der Waals surface area contributed by atoms with Gasteiger partial charge in [-0.3, -0.25) is 0 Å². The van der Waals surface area contributed by atoms with Crippen molar-refractivity contribution in [2.75, 3.05) is 9.80 Å². The van der Waals surface area contributed by atoms with Crippen LogP contribution in [0.5, 0.6) is 34.5 Å². The molecular weight excluding hydrogens is 1720 g/mol. The highest BCUT2D eigenvalue weighted by atomic mass is 35.5. The first-order chi connectivity index (χ1) is 66.2. The molecule has 0 bridgehead atoms. The van der Waals surface area contributed by atoms with Gasteiger partial charge < -0.3 is 37.4 Å². The molecule has 7 heterocycles. The number of benzene rings is 20. The predicted octanol–water partition coefficient (Wildman–Crippen LogP) is 35.4. The van der Waals surface area contributed by atoms with Crippen LogP contribution in [0.25, 0.3) is 136 Å². The molecule has 1 atom stereocenters. The van der Waals surface area contributed by atoms with Crippen LogP contribution < -0.4 is 24.0 Å². The maximum Gasteiger partial charge on any atom is 0.143 e. The van der Waals surface area contributed by atoms with Gasteiger partial charge in [-0.2, -0.15) is 0 Å². The molecule has 12 heteroatoms. The molecule has 0 N–H and O–H groups in total. The van der Waals surface area contributed by atoms with Crippen LogP contribution in [-0.2, 0) is 10.8 Å². The van der Waals surface area contributed by atoms with E-state index in [2.05, 4.69) is 403 Å². The molecule has 2 spiro atoms. The summed E-state index contributed by atoms with van der Waals surface area (Å²) in [7, 11) is 0. The summed E-state index contributed by atoms with van der Waals surface area (Å²) in [6.45, 7) is 0. The lowest BCUT2D eigenvalue weighted by molar-refractivity contribution is 0.436. The second kappa shape index (κ2) is 29.7. The van der Waals surface area contributed by atoms with Crippen LogP contribution >= 0.6 is 46.3 Å². The second-order valence-corrected chi connectivity index (χ2v) is 38.0. The molecule has 0 saturated heterocycles. The first kappa shape index (κ1) is 76.8. The fraction of sp³-hybridized carbons (Fsp3) is 0.0164. The van der Waals surface area contributed by atoms with Crippen LogP contribution in [0.1, 0.15) is 44.5 Å². The molecule has 134 heavy (non-hydrogen) atoms. The van der Waals surface area contributed by atoms with Gasteiger partial charge in [0.1, 0.15) is 56.8 Å². The van der Waals surface area contributed by atoms with Crippen molar-refractivity contribution in [1.29, 1.82) is 0 Å². The molecule has 20 aromatic carbocycles. The zero-order valence-electron chi connectivity index (χ0n) is 71.4. The Morgan fingerprint density at radius 1 is 0.276 bits per heavy atom. The molecule has 0 fully saturated rings. The van der Waals surface area contributed by atoms with E-state index in [0.717, 1.165) is 189 Å². The van der Waals surface area contributed by atoms with E-state index in [9.17, 15) is 0 Å². The summed E-state index contributed by atoms with van der Waals surface area (Å²) in [5, 5.41) is 11.7. The number of para-hydroxylation sites is 6. The predicted molar refractivity (Wildman–Crippen MR) is 550 cm³/mol. The molecule has 0 saturated carbocycles. The SMILES string of the molecule is Clc1ccc2c(c1)C1(c3cc(N(c4cc(-c5cccc6c5Sc5ccccc5O6)c5oc6ccccc6c5c4)c4ccc5ccn(-c6ccccc6)c5c4)ccc3O2)c2ccccc2-c2ccccc21.Clc1ccc2c(c1)C1(c3ccccc3Oc3cc(N(c4ccccc4)c4cc(-c5cccc6cc7c(cc56)sc5ccccc57)cc5oc6ccccc6c45)ccc31)c1ccccc1-2. The van der Waals surface area contributed by atoms with E-state index in [1.807, 2.05) is 53.8 Å². The average Bonchev–Trinajstić information content (AvgIpc) is 1.48. The highest BCUT2D eigenvalue weighted by Crippen LogP contribution is 2.66. The average molecular weight is 1790 g/mol. The Labute approximate surface area is 788 Å². The summed E-state index contributed by atoms with van der Waals surface area (Å²) in [4.78, 5) is 6.87. The van der Waals surface area contributed by atoms with Crippen molar-refractivity contribution < 1.29 is 23.0 Å². The fourth-order valence-electron chi connectivity index (χ4n) is 22.3. The molecule has 0 radical (unpaired) electrons. The van der Waals surface area contributed by atoms with Gasteiger partial charge in [0.15, 0.2) is 0 Å². The minimum Gasteiger partial charge on any atom is -0.457 e. The number of rotatable bonds is 9. The molecule has 0 amide bonds. The second-order valence-electron chi connectivity index (χ2n) is 35.0. The first-order valence-corrected chi connectivity index (χ1v) is 47.4. The normalized spacial score (nSPS) is 14.1. The molecule has 4 aromatic heterocycles. The van der Waals surface area contributed by atoms with Crippen LogP contribution in [0.2, 0.25) is 10.0 Å². The van der Waals surface area contributed by atoms with E-state index in [0.29, 0.717) is 10.0 Å². The maximum atomic E-state index is 7.05. The Bertz CT molecular complexity index is 9080. The lowest BCUT2D eigenvalue weighted by Crippen LogP contribution is -2.32. The van der Waals surface area contributed by atoms with Gasteiger partial charge in [-0.1, -0.05) is 278 Å². The zero-order chi connectivity index (χ0) is 88.2. The van der Waals surface area contributed by atoms with Gasteiger partial charge in [0.2, 0.25) is 0 Å². The summed E-state index contributed by atoms with van der Waals surface area (Å²) in [6.07, 6.45) is 2.16. The number of fused-ring (bicyclic) bond motifs is 31. The lowest BCUT2D eigenvalue weighted by Gasteiger charge is -2.40. The van der Waals surface area contributed by atoms with Gasteiger partial charge >= 0.3 is 0 Å². The number of halogens is 2. The van der Waals surface area contributed by atoms with Crippen molar-refractivity contribution in [2.45, 2.75) is 20.6 Å². The molecule has 1 unspecified atom stereocenters. The third-order valence-electron chi connectivity index (χ3n) is 27.9. The summed E-state index contributed by atoms with van der Waals surface area (Å²) in [5.74, 6) is 4.88. The number of furan rings is 2. The number of aromatic nitrogens is 1. The van der Waals surface area contributed by atoms with E-state index in [1.54, 1.807) is 11.8 Å². The van der Waals surface area contributed by atoms with Gasteiger partial charge in [0.05, 0.1) is 37.2 Å². The Balaban J connectivity index is 0.000000134. The monoisotopic (exact) mass is 1790 g/mol. The molecule has 630 valence electrons. The van der Waals surface area contributed by atoms with Crippen molar-refractivity contribution in [3.05, 3.63) is 485 Å². The molecular formula is C122H71Cl2N3O5S2. The van der Waals surface area contributed by atoms with Crippen molar-refractivity contribution in [1.82, 2.24) is 4.57 Å². The topological polar surface area (TPSA) is 65.4 Å². The van der Waals surface area contributed by atoms with E-state index < -0.39 is 10.8 Å². The Kier molecular flexibility index (Phi) is 17.0. The van der Waals surface area contributed by atoms with Gasteiger partial charge in [0.25, 0.3) is 0 Å². The van der Waals surface area contributed by atoms with E-state index in [4.69, 9.17) is 46.2 Å². The number of thiophene rings is 1. The minimum atomic E-state index is -0.735. The van der Waals surface area contributed by atoms with Crippen molar-refractivity contribution >= 4 is 166 Å². The number of ether oxygens (including phenoxy) is 3. The van der Waals surface area contributed by atoms with Crippen molar-refractivity contribution in [2.24, 2.45) is 0 Å². The van der Waals surface area contributed by atoms with Gasteiger partial charge in [-0.15, -0.1) is 11.3 Å². The number of hydrogen-bond acceptors (Lipinski definition) is 9. The molecule has 5 aliphatic rings. The highest BCUT2D eigenvalue weighted by molar-refractivity contribution is 7.99. The molecule has 29 rings (SSSR count). The largest absolute Gasteiger partial charge is 0.457 e. The Hall–Kier alpha value is -16.1. The van der Waals surface area contributed by atoms with Crippen molar-refractivity contribution in [3.8, 4) is 84.7 Å². The fourth-order valence-corrected chi connectivity index (χ4v) is 24.9. The van der Waals surface area contributed by atoms with Crippen LogP contribution in [-0.4, -0.2) is 4.57 Å². The standard InChI is InChI=1S/C63H37ClN2O3S.C59H34ClNO2S/c64-39-26-29-56-52(33-39)63(50-19-7-4-15-44(50)45-16-5-8-20-51(45)63)53-36-41(28-30-57(53)67-56)66(42-27-25-38-31-32-65(54(38)37-42)40-13-2-1-3-14-40)43-34-48-46-17-6-9-21-55(46)69-61(48)49(35-43)47-18-12-23-59-62(47)70-60-24-11-10-22-58(60)68-59;60-37-25-27-42-41-16-4-7-20-47(41)59(50(42)32-37)48-21-8-10-23-53(48)63-54-33-39(26-28-49(54)59)61(38-14-2-1-3-15-38)51-30-36(31-55-58(51)44-18-5-9-22-52(44)62-55)40-19-12-13-35-29-46-43-17-6-11-24-56(43)64-57(46)34-45(35)40/h1-37H;1-34H. The third-order valence-corrected chi connectivity index (χ3v) is 30.7. The highest BCUT2D eigenvalue weighted by Gasteiger charge is 2.54. The van der Waals surface area contributed by atoms with Crippen LogP contribution in [0.3, 0.4) is 0 Å². The summed E-state index contributed by atoms with van der Waals surface area (Å²) in [6, 6.07) is 151. The minimum absolute atomic E-state index is 0.640. The van der Waals surface area contributed by atoms with E-state index >= 15 is 0 Å². The van der Waals surface area contributed by atoms with Crippen molar-refractivity contribution in [3.63, 3.8) is 0 Å². The number of anilines is 6. The Morgan fingerprint density at radius 2 is 0.843 bits per heavy atom. The van der Waals surface area contributed by atoms with Crippen LogP contribution in [0.4, 0.5) is 34.1 Å². The molecule has 8 nitrogen and oxygen atoms in total. The summed E-state index contributed by atoms with van der Waals surface area (Å²) >= 11 is 17.5. The summed E-state index contributed by atoms with van der Waals surface area (Å²) in [5.41, 5.74) is 28.0. The van der Waals surface area contributed by atoms with Crippen LogP contribution in [0.15, 0.2) is 449 Å². The van der Waals surface area contributed by atoms with E-state index in [-0.39, 0.29) is 0 Å². The Morgan fingerprint density at radius 3 is 1.64 bits per heavy atom. The third kappa shape index (κ3) is 11.4. The van der Waals surface area contributed by atoms with Gasteiger partial charge in [-0.05, 0) is 242 Å². The van der Waals surface area contributed by atoms with Gasteiger partial charge in [-0.25, -0.2) is 0 Å². The van der Waals surface area contributed by atoms with Crippen LogP contribution in [0, 0.1) is 0 Å². The maximum absolute atomic E-state index is 7.05. The molecule has 2 aliphatic carbocycles. The number of hydrogen-bond donors (Lipinski definition) is 0. The molecule has 24 aromatic rings. The lowest BCUT2D eigenvalue weighted by atomic mass is 9.66. The molecule has 3 aliphatic heterocycles. The number of nitrogens with zero attached hydrogens (tertiary/aromatic N) is 3. The quantitative estimate of drug-likeness (QED) is 0.142.